The Balaban J connectivity index is 2.02. The van der Waals surface area contributed by atoms with Crippen LogP contribution in [0.5, 0.6) is 5.75 Å². The van der Waals surface area contributed by atoms with E-state index < -0.39 is 5.82 Å². The predicted molar refractivity (Wildman–Crippen MR) is 70.6 cm³/mol. The van der Waals surface area contributed by atoms with Gasteiger partial charge in [0.25, 0.3) is 5.91 Å². The Hall–Kier alpha value is -1.62. The minimum atomic E-state index is -0.554. The van der Waals surface area contributed by atoms with Crippen LogP contribution in [0.2, 0.25) is 0 Å². The summed E-state index contributed by atoms with van der Waals surface area (Å²) >= 11 is 0. The first-order valence-electron chi connectivity index (χ1n) is 6.36. The van der Waals surface area contributed by atoms with Crippen LogP contribution in [0.1, 0.15) is 23.2 Å². The highest BCUT2D eigenvalue weighted by atomic mass is 19.1. The van der Waals surface area contributed by atoms with Gasteiger partial charge in [-0.25, -0.2) is 4.39 Å². The molecule has 4 nitrogen and oxygen atoms in total. The summed E-state index contributed by atoms with van der Waals surface area (Å²) < 4.78 is 18.7. The molecule has 104 valence electrons. The number of hydrogen-bond acceptors (Lipinski definition) is 3. The monoisotopic (exact) mass is 266 g/mol. The van der Waals surface area contributed by atoms with Crippen LogP contribution >= 0.6 is 0 Å². The standard InChI is InChI=1S/C14H19FN2O2/c1-17(8-9-5-10(16)6-9)14(18)12-4-3-11(19-2)7-13(12)15/h3-4,7,9-10H,5-6,8,16H2,1-2H3. The van der Waals surface area contributed by atoms with Crippen LogP contribution in [0.3, 0.4) is 0 Å². The van der Waals surface area contributed by atoms with E-state index >= 15 is 0 Å². The van der Waals surface area contributed by atoms with E-state index in [2.05, 4.69) is 0 Å². The van der Waals surface area contributed by atoms with E-state index in [1.807, 2.05) is 0 Å². The number of nitrogens with two attached hydrogens (primary N) is 1. The van der Waals surface area contributed by atoms with Crippen LogP contribution in [0.25, 0.3) is 0 Å². The summed E-state index contributed by atoms with van der Waals surface area (Å²) in [5, 5.41) is 0. The number of amides is 1. The number of nitrogens with zero attached hydrogens (tertiary/aromatic N) is 1. The van der Waals surface area contributed by atoms with Crippen LogP contribution in [0, 0.1) is 11.7 Å². The maximum atomic E-state index is 13.8. The quantitative estimate of drug-likeness (QED) is 0.901. The molecule has 19 heavy (non-hydrogen) atoms. The van der Waals surface area contributed by atoms with Crippen LogP contribution in [0.15, 0.2) is 18.2 Å². The molecule has 0 unspecified atom stereocenters. The molecule has 1 aliphatic rings. The van der Waals surface area contributed by atoms with Gasteiger partial charge < -0.3 is 15.4 Å². The molecule has 1 saturated carbocycles. The van der Waals surface area contributed by atoms with Crippen molar-refractivity contribution in [2.75, 3.05) is 20.7 Å². The van der Waals surface area contributed by atoms with Gasteiger partial charge in [0, 0.05) is 25.7 Å². The van der Waals surface area contributed by atoms with Crippen molar-refractivity contribution in [3.05, 3.63) is 29.6 Å². The fourth-order valence-corrected chi connectivity index (χ4v) is 2.41. The van der Waals surface area contributed by atoms with E-state index in [4.69, 9.17) is 10.5 Å². The second kappa shape index (κ2) is 5.57. The van der Waals surface area contributed by atoms with Crippen LogP contribution in [-0.2, 0) is 0 Å². The fourth-order valence-electron chi connectivity index (χ4n) is 2.41. The zero-order chi connectivity index (χ0) is 14.0. The predicted octanol–water partition coefficient (Wildman–Crippen LogP) is 1.64. The summed E-state index contributed by atoms with van der Waals surface area (Å²) in [5.41, 5.74) is 5.79. The Bertz CT molecular complexity index is 473. The third-order valence-corrected chi connectivity index (χ3v) is 3.56. The van der Waals surface area contributed by atoms with Crippen molar-refractivity contribution in [1.82, 2.24) is 4.90 Å². The fraction of sp³-hybridized carbons (Fsp3) is 0.500. The van der Waals surface area contributed by atoms with Gasteiger partial charge in [0.05, 0.1) is 12.7 Å². The Morgan fingerprint density at radius 1 is 1.53 bits per heavy atom. The lowest BCUT2D eigenvalue weighted by Gasteiger charge is -2.35. The molecule has 1 fully saturated rings. The molecule has 0 atom stereocenters. The Labute approximate surface area is 112 Å². The second-order valence-corrected chi connectivity index (χ2v) is 5.13. The van der Waals surface area contributed by atoms with Crippen LogP contribution in [0.4, 0.5) is 4.39 Å². The third-order valence-electron chi connectivity index (χ3n) is 3.56. The SMILES string of the molecule is COc1ccc(C(=O)N(C)CC2CC(N)C2)c(F)c1. The smallest absolute Gasteiger partial charge is 0.256 e. The number of halogens is 1. The summed E-state index contributed by atoms with van der Waals surface area (Å²) in [5.74, 6) is -0.0194. The average molecular weight is 266 g/mol. The van der Waals surface area contributed by atoms with Crippen molar-refractivity contribution in [2.45, 2.75) is 18.9 Å². The van der Waals surface area contributed by atoms with Crippen molar-refractivity contribution in [1.29, 1.82) is 0 Å². The molecule has 0 aliphatic heterocycles. The highest BCUT2D eigenvalue weighted by Gasteiger charge is 2.28. The Morgan fingerprint density at radius 3 is 2.74 bits per heavy atom. The van der Waals surface area contributed by atoms with Gasteiger partial charge in [-0.3, -0.25) is 4.79 Å². The van der Waals surface area contributed by atoms with E-state index in [-0.39, 0.29) is 17.5 Å². The lowest BCUT2D eigenvalue weighted by Crippen LogP contribution is -2.43. The van der Waals surface area contributed by atoms with Gasteiger partial charge in [-0.2, -0.15) is 0 Å². The second-order valence-electron chi connectivity index (χ2n) is 5.13. The van der Waals surface area contributed by atoms with E-state index in [0.29, 0.717) is 18.2 Å². The van der Waals surface area contributed by atoms with Gasteiger partial charge in [0.1, 0.15) is 11.6 Å². The minimum absolute atomic E-state index is 0.0759. The average Bonchev–Trinajstić information content (AvgIpc) is 2.35. The first kappa shape index (κ1) is 13.8. The summed E-state index contributed by atoms with van der Waals surface area (Å²) in [7, 11) is 3.15. The largest absolute Gasteiger partial charge is 0.497 e. The molecule has 1 aromatic rings. The highest BCUT2D eigenvalue weighted by molar-refractivity contribution is 5.94. The van der Waals surface area contributed by atoms with Gasteiger partial charge in [0.2, 0.25) is 0 Å². The number of carbonyl (C=O) groups excluding carboxylic acids is 1. The third kappa shape index (κ3) is 3.04. The Morgan fingerprint density at radius 2 is 2.21 bits per heavy atom. The minimum Gasteiger partial charge on any atom is -0.497 e. The summed E-state index contributed by atoms with van der Waals surface area (Å²) in [6, 6.07) is 4.52. The van der Waals surface area contributed by atoms with Crippen molar-refractivity contribution < 1.29 is 13.9 Å². The van der Waals surface area contributed by atoms with E-state index in [1.165, 1.54) is 19.2 Å². The molecule has 5 heteroatoms. The molecular weight excluding hydrogens is 247 g/mol. The zero-order valence-electron chi connectivity index (χ0n) is 11.2. The summed E-state index contributed by atoms with van der Waals surface area (Å²) in [6.45, 7) is 0.623. The first-order valence-corrected chi connectivity index (χ1v) is 6.36. The number of benzene rings is 1. The molecule has 2 N–H and O–H groups in total. The molecule has 1 aromatic carbocycles. The van der Waals surface area contributed by atoms with Crippen molar-refractivity contribution in [2.24, 2.45) is 11.7 Å². The van der Waals surface area contributed by atoms with E-state index in [1.54, 1.807) is 18.0 Å². The molecule has 0 heterocycles. The van der Waals surface area contributed by atoms with Crippen molar-refractivity contribution in [3.63, 3.8) is 0 Å². The van der Waals surface area contributed by atoms with E-state index in [0.717, 1.165) is 12.8 Å². The van der Waals surface area contributed by atoms with Crippen molar-refractivity contribution >= 4 is 5.91 Å². The van der Waals surface area contributed by atoms with Crippen LogP contribution in [-0.4, -0.2) is 37.6 Å². The maximum absolute atomic E-state index is 13.8. The Kier molecular flexibility index (Phi) is 4.04. The van der Waals surface area contributed by atoms with Gasteiger partial charge in [0.15, 0.2) is 0 Å². The lowest BCUT2D eigenvalue weighted by molar-refractivity contribution is 0.0729. The van der Waals surface area contributed by atoms with Gasteiger partial charge >= 0.3 is 0 Å². The molecule has 0 aromatic heterocycles. The molecule has 1 aliphatic carbocycles. The summed E-state index contributed by atoms with van der Waals surface area (Å²) in [4.78, 5) is 13.7. The molecule has 1 amide bonds. The van der Waals surface area contributed by atoms with Crippen LogP contribution < -0.4 is 10.5 Å². The maximum Gasteiger partial charge on any atom is 0.256 e. The van der Waals surface area contributed by atoms with Gasteiger partial charge in [-0.15, -0.1) is 0 Å². The van der Waals surface area contributed by atoms with E-state index in [9.17, 15) is 9.18 Å². The number of carbonyl (C=O) groups is 1. The van der Waals surface area contributed by atoms with Gasteiger partial charge in [-0.05, 0) is 30.9 Å². The number of methoxy groups -OCH3 is 1. The molecule has 0 radical (unpaired) electrons. The highest BCUT2D eigenvalue weighted by Crippen LogP contribution is 2.26. The van der Waals surface area contributed by atoms with Crippen molar-refractivity contribution in [3.8, 4) is 5.75 Å². The van der Waals surface area contributed by atoms with Gasteiger partial charge in [-0.1, -0.05) is 0 Å². The summed E-state index contributed by atoms with van der Waals surface area (Å²) in [6.07, 6.45) is 1.87. The molecule has 0 saturated heterocycles. The number of ether oxygens (including phenoxy) is 1. The molecule has 2 rings (SSSR count). The first-order chi connectivity index (χ1) is 9.01. The molecular formula is C14H19FN2O2. The lowest BCUT2D eigenvalue weighted by atomic mass is 9.80. The topological polar surface area (TPSA) is 55.6 Å². The normalized spacial score (nSPS) is 21.7. The number of rotatable bonds is 4. The molecule has 0 spiro atoms. The number of hydrogen-bond donors (Lipinski definition) is 1. The zero-order valence-corrected chi connectivity index (χ0v) is 11.2. The molecule has 0 bridgehead atoms.